The Bertz CT molecular complexity index is 620. The van der Waals surface area contributed by atoms with Crippen LogP contribution in [0.3, 0.4) is 0 Å². The van der Waals surface area contributed by atoms with Gasteiger partial charge >= 0.3 is 6.09 Å². The number of nitrogens with one attached hydrogen (secondary N) is 2. The SMILES string of the molecule is O=C1Nc2ccc(Cl)c(F)c2C2(CNCC(C3CC3)C2)O1. The van der Waals surface area contributed by atoms with Gasteiger partial charge in [0.1, 0.15) is 0 Å². The standard InChI is InChI=1S/C15H16ClFN2O2/c16-10-3-4-11-12(13(10)17)15(21-14(20)19-11)5-9(6-18-7-15)8-1-2-8/h3-4,8-9,18H,1-2,5-7H2,(H,19,20). The number of hydrogen-bond donors (Lipinski definition) is 2. The van der Waals surface area contributed by atoms with Gasteiger partial charge in [0, 0.05) is 6.54 Å². The van der Waals surface area contributed by atoms with Crippen LogP contribution in [0.4, 0.5) is 14.9 Å². The van der Waals surface area contributed by atoms with Gasteiger partial charge in [-0.1, -0.05) is 11.6 Å². The summed E-state index contributed by atoms with van der Waals surface area (Å²) in [6, 6.07) is 3.10. The van der Waals surface area contributed by atoms with E-state index in [2.05, 4.69) is 10.6 Å². The van der Waals surface area contributed by atoms with Crippen molar-refractivity contribution in [3.05, 3.63) is 28.5 Å². The fraction of sp³-hybridized carbons (Fsp3) is 0.533. The molecule has 112 valence electrons. The average Bonchev–Trinajstić information content (AvgIpc) is 3.27. The molecule has 2 fully saturated rings. The van der Waals surface area contributed by atoms with Gasteiger partial charge in [-0.3, -0.25) is 5.32 Å². The van der Waals surface area contributed by atoms with Crippen molar-refractivity contribution in [2.24, 2.45) is 11.8 Å². The Morgan fingerprint density at radius 1 is 1.33 bits per heavy atom. The molecule has 1 saturated carbocycles. The molecule has 4 nitrogen and oxygen atoms in total. The summed E-state index contributed by atoms with van der Waals surface area (Å²) < 4.78 is 20.2. The van der Waals surface area contributed by atoms with Crippen LogP contribution in [0.2, 0.25) is 5.02 Å². The predicted octanol–water partition coefficient (Wildman–Crippen LogP) is 3.26. The summed E-state index contributed by atoms with van der Waals surface area (Å²) in [5.74, 6) is 0.581. The van der Waals surface area contributed by atoms with E-state index in [1.807, 2.05) is 0 Å². The third-order valence-electron chi connectivity index (χ3n) is 4.77. The summed E-state index contributed by atoms with van der Waals surface area (Å²) in [7, 11) is 0. The molecule has 3 aliphatic rings. The Balaban J connectivity index is 1.81. The number of carbonyl (C=O) groups excluding carboxylic acids is 1. The number of fused-ring (bicyclic) bond motifs is 2. The first kappa shape index (κ1) is 13.3. The van der Waals surface area contributed by atoms with Crippen LogP contribution in [0.25, 0.3) is 0 Å². The molecule has 0 aromatic heterocycles. The van der Waals surface area contributed by atoms with E-state index in [-0.39, 0.29) is 5.02 Å². The summed E-state index contributed by atoms with van der Waals surface area (Å²) in [5.41, 5.74) is -0.100. The van der Waals surface area contributed by atoms with Crippen molar-refractivity contribution in [1.29, 1.82) is 0 Å². The lowest BCUT2D eigenvalue weighted by atomic mass is 9.78. The number of benzene rings is 1. The fourth-order valence-corrected chi connectivity index (χ4v) is 3.82. The van der Waals surface area contributed by atoms with Gasteiger partial charge in [-0.25, -0.2) is 9.18 Å². The molecular weight excluding hydrogens is 295 g/mol. The van der Waals surface area contributed by atoms with Gasteiger partial charge in [-0.05, 0) is 49.8 Å². The molecule has 2 N–H and O–H groups in total. The molecule has 2 unspecified atom stereocenters. The summed E-state index contributed by atoms with van der Waals surface area (Å²) in [6.45, 7) is 1.32. The van der Waals surface area contributed by atoms with Crippen LogP contribution >= 0.6 is 11.6 Å². The molecule has 0 bridgehead atoms. The van der Waals surface area contributed by atoms with E-state index in [0.717, 1.165) is 6.54 Å². The van der Waals surface area contributed by atoms with Crippen LogP contribution in [0.15, 0.2) is 12.1 Å². The number of piperidine rings is 1. The maximum Gasteiger partial charge on any atom is 0.412 e. The molecule has 1 amide bonds. The van der Waals surface area contributed by atoms with Gasteiger partial charge in [0.25, 0.3) is 0 Å². The summed E-state index contributed by atoms with van der Waals surface area (Å²) in [4.78, 5) is 11.9. The van der Waals surface area contributed by atoms with Crippen molar-refractivity contribution in [2.45, 2.75) is 24.9 Å². The Morgan fingerprint density at radius 3 is 2.90 bits per heavy atom. The molecule has 1 saturated heterocycles. The fourth-order valence-electron chi connectivity index (χ4n) is 3.66. The zero-order chi connectivity index (χ0) is 14.6. The number of carbonyl (C=O) groups is 1. The Hall–Kier alpha value is -1.33. The number of rotatable bonds is 1. The molecule has 2 aliphatic heterocycles. The zero-order valence-electron chi connectivity index (χ0n) is 11.4. The monoisotopic (exact) mass is 310 g/mol. The number of ether oxygens (including phenoxy) is 1. The lowest BCUT2D eigenvalue weighted by Crippen LogP contribution is -2.53. The molecule has 1 spiro atoms. The number of amides is 1. The first-order valence-electron chi connectivity index (χ1n) is 7.28. The summed E-state index contributed by atoms with van der Waals surface area (Å²) in [6.07, 6.45) is 2.55. The molecule has 21 heavy (non-hydrogen) atoms. The highest BCUT2D eigenvalue weighted by molar-refractivity contribution is 6.31. The minimum absolute atomic E-state index is 0.0569. The van der Waals surface area contributed by atoms with Gasteiger partial charge in [0.05, 0.1) is 16.3 Å². The highest BCUT2D eigenvalue weighted by Gasteiger charge is 2.50. The second-order valence-electron chi connectivity index (χ2n) is 6.23. The molecule has 2 atom stereocenters. The average molecular weight is 311 g/mol. The Labute approximate surface area is 127 Å². The predicted molar refractivity (Wildman–Crippen MR) is 76.9 cm³/mol. The van der Waals surface area contributed by atoms with E-state index < -0.39 is 17.5 Å². The summed E-state index contributed by atoms with van der Waals surface area (Å²) in [5, 5.41) is 5.94. The highest BCUT2D eigenvalue weighted by Crippen LogP contribution is 2.49. The van der Waals surface area contributed by atoms with E-state index in [1.54, 1.807) is 6.07 Å². The van der Waals surface area contributed by atoms with Crippen molar-refractivity contribution in [3.8, 4) is 0 Å². The highest BCUT2D eigenvalue weighted by atomic mass is 35.5. The first-order valence-corrected chi connectivity index (χ1v) is 7.66. The largest absolute Gasteiger partial charge is 0.436 e. The topological polar surface area (TPSA) is 50.4 Å². The Morgan fingerprint density at radius 2 is 2.14 bits per heavy atom. The first-order chi connectivity index (χ1) is 10.1. The molecule has 1 aliphatic carbocycles. The molecule has 2 heterocycles. The minimum Gasteiger partial charge on any atom is -0.436 e. The smallest absolute Gasteiger partial charge is 0.412 e. The molecular formula is C15H16ClFN2O2. The number of anilines is 1. The van der Waals surface area contributed by atoms with E-state index in [9.17, 15) is 9.18 Å². The lowest BCUT2D eigenvalue weighted by Gasteiger charge is -2.44. The lowest BCUT2D eigenvalue weighted by molar-refractivity contribution is -0.0287. The van der Waals surface area contributed by atoms with Crippen molar-refractivity contribution >= 4 is 23.4 Å². The van der Waals surface area contributed by atoms with Crippen LogP contribution in [0.1, 0.15) is 24.8 Å². The molecule has 1 aromatic rings. The molecule has 6 heteroatoms. The third kappa shape index (κ3) is 2.10. The van der Waals surface area contributed by atoms with E-state index >= 15 is 0 Å². The molecule has 4 rings (SSSR count). The maximum absolute atomic E-state index is 14.6. The van der Waals surface area contributed by atoms with Gasteiger partial charge < -0.3 is 10.1 Å². The van der Waals surface area contributed by atoms with Crippen molar-refractivity contribution in [3.63, 3.8) is 0 Å². The van der Waals surface area contributed by atoms with E-state index in [1.165, 1.54) is 18.9 Å². The minimum atomic E-state index is -0.946. The van der Waals surface area contributed by atoms with Gasteiger partial charge in [-0.2, -0.15) is 0 Å². The quantitative estimate of drug-likeness (QED) is 0.837. The van der Waals surface area contributed by atoms with Crippen molar-refractivity contribution < 1.29 is 13.9 Å². The normalized spacial score (nSPS) is 31.5. The van der Waals surface area contributed by atoms with Crippen LogP contribution in [0.5, 0.6) is 0 Å². The van der Waals surface area contributed by atoms with Gasteiger partial charge in [-0.15, -0.1) is 0 Å². The molecule has 1 aromatic carbocycles. The van der Waals surface area contributed by atoms with Gasteiger partial charge in [0.2, 0.25) is 0 Å². The molecule has 0 radical (unpaired) electrons. The van der Waals surface area contributed by atoms with Crippen LogP contribution in [-0.2, 0) is 10.3 Å². The maximum atomic E-state index is 14.6. The van der Waals surface area contributed by atoms with Crippen molar-refractivity contribution in [2.75, 3.05) is 18.4 Å². The number of halogens is 2. The second-order valence-corrected chi connectivity index (χ2v) is 6.63. The van der Waals surface area contributed by atoms with Crippen LogP contribution in [-0.4, -0.2) is 19.2 Å². The number of hydrogen-bond acceptors (Lipinski definition) is 3. The van der Waals surface area contributed by atoms with Crippen LogP contribution < -0.4 is 10.6 Å². The summed E-state index contributed by atoms with van der Waals surface area (Å²) >= 11 is 5.93. The van der Waals surface area contributed by atoms with E-state index in [0.29, 0.717) is 36.1 Å². The van der Waals surface area contributed by atoms with E-state index in [4.69, 9.17) is 16.3 Å². The Kier molecular flexibility index (Phi) is 2.91. The van der Waals surface area contributed by atoms with Crippen LogP contribution in [0, 0.1) is 17.7 Å². The second kappa shape index (κ2) is 4.58. The zero-order valence-corrected chi connectivity index (χ0v) is 12.2. The van der Waals surface area contributed by atoms with Gasteiger partial charge in [0.15, 0.2) is 11.4 Å². The van der Waals surface area contributed by atoms with Crippen molar-refractivity contribution in [1.82, 2.24) is 5.32 Å². The third-order valence-corrected chi connectivity index (χ3v) is 5.06.